The Morgan fingerprint density at radius 3 is 1.18 bits per heavy atom. The molecule has 0 atom stereocenters. The fraction of sp³-hybridized carbons (Fsp3) is 0.231. The van der Waals surface area contributed by atoms with Crippen LogP contribution in [-0.2, 0) is 19.2 Å². The van der Waals surface area contributed by atoms with E-state index in [1.807, 2.05) is 0 Å². The van der Waals surface area contributed by atoms with Gasteiger partial charge in [-0.2, -0.15) is 0 Å². The summed E-state index contributed by atoms with van der Waals surface area (Å²) in [5.74, 6) is 2.29. The highest BCUT2D eigenvalue weighted by Gasteiger charge is 2.09. The summed E-state index contributed by atoms with van der Waals surface area (Å²) in [5, 5.41) is 5.22. The maximum Gasteiger partial charge on any atom is 0.224 e. The van der Waals surface area contributed by atoms with Crippen LogP contribution >= 0.6 is 0 Å². The first kappa shape index (κ1) is 25.9. The van der Waals surface area contributed by atoms with Gasteiger partial charge in [-0.15, -0.1) is 0 Å². The quantitative estimate of drug-likeness (QED) is 0.318. The van der Waals surface area contributed by atoms with E-state index in [9.17, 15) is 28.8 Å². The van der Waals surface area contributed by atoms with Crippen LogP contribution in [0.3, 0.4) is 0 Å². The Morgan fingerprint density at radius 2 is 0.882 bits per heavy atom. The second-order valence-corrected chi connectivity index (χ2v) is 7.46. The number of Topliss-reactive ketones (excluding diaryl/α,β-unsaturated/α-hetero) is 4. The van der Waals surface area contributed by atoms with Crippen LogP contribution in [0.4, 0.5) is 11.4 Å². The summed E-state index contributed by atoms with van der Waals surface area (Å²) in [4.78, 5) is 70.1. The van der Waals surface area contributed by atoms with Crippen LogP contribution in [0.25, 0.3) is 0 Å². The predicted octanol–water partition coefficient (Wildman–Crippen LogP) is 3.37. The molecule has 34 heavy (non-hydrogen) atoms. The zero-order valence-corrected chi connectivity index (χ0v) is 18.9. The Morgan fingerprint density at radius 1 is 0.559 bits per heavy atom. The van der Waals surface area contributed by atoms with E-state index in [0.29, 0.717) is 22.5 Å². The molecule has 2 N–H and O–H groups in total. The molecule has 0 aliphatic rings. The predicted molar refractivity (Wildman–Crippen MR) is 126 cm³/mol. The number of carbonyl (C=O) groups excluding carboxylic acids is 6. The molecule has 0 saturated carbocycles. The highest BCUT2D eigenvalue weighted by molar-refractivity contribution is 6.07. The summed E-state index contributed by atoms with van der Waals surface area (Å²) >= 11 is 0. The van der Waals surface area contributed by atoms with Gasteiger partial charge >= 0.3 is 0 Å². The first-order chi connectivity index (χ1) is 16.1. The topological polar surface area (TPSA) is 126 Å². The molecule has 0 unspecified atom stereocenters. The monoisotopic (exact) mass is 460 g/mol. The van der Waals surface area contributed by atoms with Gasteiger partial charge in [0.2, 0.25) is 23.4 Å². The summed E-state index contributed by atoms with van der Waals surface area (Å²) in [6.07, 6.45) is -0.537. The van der Waals surface area contributed by atoms with Crippen molar-refractivity contribution in [1.82, 2.24) is 0 Å². The van der Waals surface area contributed by atoms with Gasteiger partial charge in [-0.25, -0.2) is 0 Å². The van der Waals surface area contributed by atoms with Gasteiger partial charge in [-0.1, -0.05) is 0 Å². The van der Waals surface area contributed by atoms with Crippen molar-refractivity contribution < 1.29 is 28.8 Å². The Bertz CT molecular complexity index is 1080. The number of hydrogen-bond donors (Lipinski definition) is 2. The number of rotatable bonds is 10. The molecular formula is C26H24N2O6. The van der Waals surface area contributed by atoms with Crippen molar-refractivity contribution in [3.8, 4) is 11.8 Å². The van der Waals surface area contributed by atoms with Crippen LogP contribution in [0.1, 0.15) is 60.2 Å². The van der Waals surface area contributed by atoms with Crippen LogP contribution in [0.5, 0.6) is 0 Å². The number of nitrogens with one attached hydrogen (secondary N) is 2. The minimum atomic E-state index is -0.564. The second-order valence-electron chi connectivity index (χ2n) is 7.46. The summed E-state index contributed by atoms with van der Waals surface area (Å²) in [5.41, 5.74) is 2.04. The molecule has 0 aliphatic carbocycles. The number of benzene rings is 2. The van der Waals surface area contributed by atoms with Crippen LogP contribution in [0.2, 0.25) is 0 Å². The normalized spacial score (nSPS) is 9.82. The van der Waals surface area contributed by atoms with E-state index in [0.717, 1.165) is 0 Å². The lowest BCUT2D eigenvalue weighted by molar-refractivity contribution is -0.120. The lowest BCUT2D eigenvalue weighted by atomic mass is 10.1. The zero-order chi connectivity index (χ0) is 25.1. The van der Waals surface area contributed by atoms with E-state index < -0.39 is 23.4 Å². The third-order valence-electron chi connectivity index (χ3n) is 4.65. The average Bonchev–Trinajstić information content (AvgIpc) is 2.80. The van der Waals surface area contributed by atoms with E-state index in [-0.39, 0.29) is 37.2 Å². The number of anilines is 2. The molecule has 0 heterocycles. The van der Waals surface area contributed by atoms with Gasteiger partial charge < -0.3 is 10.6 Å². The van der Waals surface area contributed by atoms with Gasteiger partial charge in [-0.05, 0) is 74.2 Å². The van der Waals surface area contributed by atoms with E-state index in [2.05, 4.69) is 22.5 Å². The van der Waals surface area contributed by atoms with E-state index >= 15 is 0 Å². The average molecular weight is 460 g/mol. The highest BCUT2D eigenvalue weighted by atomic mass is 16.2. The molecule has 0 aliphatic heterocycles. The fourth-order valence-electron chi connectivity index (χ4n) is 2.74. The van der Waals surface area contributed by atoms with Crippen LogP contribution in [-0.4, -0.2) is 34.9 Å². The van der Waals surface area contributed by atoms with Crippen LogP contribution in [0.15, 0.2) is 48.5 Å². The molecule has 0 saturated heterocycles. The van der Waals surface area contributed by atoms with Crippen molar-refractivity contribution in [2.24, 2.45) is 0 Å². The lowest BCUT2D eigenvalue weighted by Crippen LogP contribution is -2.13. The molecule has 2 rings (SSSR count). The Hall–Kier alpha value is -4.38. The van der Waals surface area contributed by atoms with Crippen LogP contribution in [0, 0.1) is 11.8 Å². The first-order valence-electron chi connectivity index (χ1n) is 10.5. The van der Waals surface area contributed by atoms with Gasteiger partial charge in [-0.3, -0.25) is 28.8 Å². The lowest BCUT2D eigenvalue weighted by Gasteiger charge is -2.05. The standard InChI is InChI=1S/C26H24N2O6/c1-17(29)19-3-7-21(8-4-19)27-25(33)15-13-23(31)11-12-24(32)14-16-26(34)28-22-9-5-20(6-10-22)18(2)30/h3-10H,13-16H2,1-2H3,(H,27,33)(H,28,34). The third kappa shape index (κ3) is 9.01. The summed E-state index contributed by atoms with van der Waals surface area (Å²) in [6.45, 7) is 2.88. The Balaban J connectivity index is 1.70. The molecular weight excluding hydrogens is 436 g/mol. The van der Waals surface area contributed by atoms with Crippen molar-refractivity contribution in [2.45, 2.75) is 39.5 Å². The maximum atomic E-state index is 11.9. The SMILES string of the molecule is CC(=O)c1ccc(NC(=O)CCC(=O)C#CC(=O)CCC(=O)Nc2ccc(C(C)=O)cc2)cc1. The van der Waals surface area contributed by atoms with Gasteiger partial charge in [0, 0.05) is 48.2 Å². The van der Waals surface area contributed by atoms with Gasteiger partial charge in [0.05, 0.1) is 0 Å². The molecule has 0 bridgehead atoms. The van der Waals surface area contributed by atoms with E-state index in [1.165, 1.54) is 13.8 Å². The summed E-state index contributed by atoms with van der Waals surface area (Å²) < 4.78 is 0. The molecule has 0 fully saturated rings. The van der Waals surface area contributed by atoms with Crippen molar-refractivity contribution in [3.05, 3.63) is 59.7 Å². The number of ketones is 4. The molecule has 2 aromatic rings. The number of carbonyl (C=O) groups is 6. The third-order valence-corrected chi connectivity index (χ3v) is 4.65. The molecule has 0 radical (unpaired) electrons. The van der Waals surface area contributed by atoms with Crippen LogP contribution < -0.4 is 10.6 Å². The summed E-state index contributed by atoms with van der Waals surface area (Å²) in [6, 6.07) is 12.7. The van der Waals surface area contributed by atoms with Crippen molar-refractivity contribution in [1.29, 1.82) is 0 Å². The molecule has 174 valence electrons. The van der Waals surface area contributed by atoms with Gasteiger partial charge in [0.1, 0.15) is 0 Å². The minimum Gasteiger partial charge on any atom is -0.326 e. The maximum absolute atomic E-state index is 11.9. The second kappa shape index (κ2) is 12.6. The Labute approximate surface area is 197 Å². The molecule has 8 heteroatoms. The van der Waals surface area contributed by atoms with Crippen molar-refractivity contribution >= 4 is 46.3 Å². The van der Waals surface area contributed by atoms with E-state index in [1.54, 1.807) is 48.5 Å². The van der Waals surface area contributed by atoms with Crippen molar-refractivity contribution in [2.75, 3.05) is 10.6 Å². The Kier molecular flexibility index (Phi) is 9.59. The molecule has 0 spiro atoms. The number of hydrogen-bond acceptors (Lipinski definition) is 6. The number of amides is 2. The van der Waals surface area contributed by atoms with Gasteiger partial charge in [0.25, 0.3) is 0 Å². The largest absolute Gasteiger partial charge is 0.326 e. The van der Waals surface area contributed by atoms with Gasteiger partial charge in [0.15, 0.2) is 11.6 Å². The fourth-order valence-corrected chi connectivity index (χ4v) is 2.74. The highest BCUT2D eigenvalue weighted by Crippen LogP contribution is 2.12. The molecule has 2 amide bonds. The molecule has 8 nitrogen and oxygen atoms in total. The van der Waals surface area contributed by atoms with Crippen molar-refractivity contribution in [3.63, 3.8) is 0 Å². The molecule has 0 aromatic heterocycles. The first-order valence-corrected chi connectivity index (χ1v) is 10.5. The zero-order valence-electron chi connectivity index (χ0n) is 18.9. The smallest absolute Gasteiger partial charge is 0.224 e. The molecule has 2 aromatic carbocycles. The van der Waals surface area contributed by atoms with E-state index in [4.69, 9.17) is 0 Å². The minimum absolute atomic E-state index is 0.0855. The summed E-state index contributed by atoms with van der Waals surface area (Å²) in [7, 11) is 0.